The molecule has 1 aromatic heterocycles. The first-order valence-electron chi connectivity index (χ1n) is 9.06. The number of ether oxygens (including phenoxy) is 1. The molecule has 0 radical (unpaired) electrons. The second kappa shape index (κ2) is 7.82. The molecule has 0 aliphatic heterocycles. The molecule has 0 spiro atoms. The van der Waals surface area contributed by atoms with Gasteiger partial charge in [-0.2, -0.15) is 0 Å². The molecule has 1 atom stereocenters. The Bertz CT molecular complexity index is 926. The van der Waals surface area contributed by atoms with Crippen LogP contribution in [0.1, 0.15) is 43.7 Å². The fourth-order valence-electron chi connectivity index (χ4n) is 3.65. The van der Waals surface area contributed by atoms with E-state index in [0.717, 1.165) is 25.7 Å². The van der Waals surface area contributed by atoms with Crippen molar-refractivity contribution in [2.75, 3.05) is 0 Å². The van der Waals surface area contributed by atoms with Crippen molar-refractivity contribution in [3.8, 4) is 5.75 Å². The lowest BCUT2D eigenvalue weighted by molar-refractivity contribution is -0.150. The molecular formula is C20H23NO6. The molecule has 3 rings (SSSR count). The molecule has 1 saturated carbocycles. The fourth-order valence-corrected chi connectivity index (χ4v) is 3.65. The van der Waals surface area contributed by atoms with E-state index in [9.17, 15) is 19.5 Å². The van der Waals surface area contributed by atoms with Crippen LogP contribution in [0.5, 0.6) is 5.75 Å². The predicted molar refractivity (Wildman–Crippen MR) is 98.2 cm³/mol. The van der Waals surface area contributed by atoms with E-state index in [0.29, 0.717) is 16.5 Å². The first kappa shape index (κ1) is 18.9. The lowest BCUT2D eigenvalue weighted by atomic mass is 9.98. The lowest BCUT2D eigenvalue weighted by Gasteiger charge is -2.22. The third-order valence-electron chi connectivity index (χ3n) is 5.07. The summed E-state index contributed by atoms with van der Waals surface area (Å²) in [4.78, 5) is 35.9. The topological polar surface area (TPSA) is 106 Å². The maximum absolute atomic E-state index is 12.6. The molecule has 0 saturated heterocycles. The third-order valence-corrected chi connectivity index (χ3v) is 5.07. The number of aromatic hydroxyl groups is 1. The molecule has 7 heteroatoms. The summed E-state index contributed by atoms with van der Waals surface area (Å²) < 4.78 is 10.6. The van der Waals surface area contributed by atoms with Crippen LogP contribution in [0.15, 0.2) is 27.4 Å². The highest BCUT2D eigenvalue weighted by atomic mass is 16.5. The summed E-state index contributed by atoms with van der Waals surface area (Å²) in [7, 11) is 0. The molecule has 1 aliphatic rings. The Morgan fingerprint density at radius 3 is 2.70 bits per heavy atom. The third kappa shape index (κ3) is 4.13. The van der Waals surface area contributed by atoms with Crippen LogP contribution in [0.2, 0.25) is 0 Å². The average molecular weight is 373 g/mol. The maximum Gasteiger partial charge on any atom is 0.336 e. The number of hydrogen-bond donors (Lipinski definition) is 2. The highest BCUT2D eigenvalue weighted by Crippen LogP contribution is 2.30. The Kier molecular flexibility index (Phi) is 5.48. The summed E-state index contributed by atoms with van der Waals surface area (Å²) in [6.07, 6.45) is 3.80. The number of aryl methyl sites for hydroxylation is 1. The van der Waals surface area contributed by atoms with Gasteiger partial charge in [0.15, 0.2) is 0 Å². The van der Waals surface area contributed by atoms with Crippen molar-refractivity contribution >= 4 is 22.8 Å². The molecule has 1 unspecified atom stereocenters. The number of benzene rings is 1. The highest BCUT2D eigenvalue weighted by molar-refractivity contribution is 5.86. The molecule has 144 valence electrons. The van der Waals surface area contributed by atoms with Gasteiger partial charge >= 0.3 is 11.6 Å². The predicted octanol–water partition coefficient (Wildman–Crippen LogP) is 2.55. The molecule has 7 nitrogen and oxygen atoms in total. The molecule has 1 fully saturated rings. The smallest absolute Gasteiger partial charge is 0.336 e. The number of fused-ring (bicyclic) bond motifs is 1. The van der Waals surface area contributed by atoms with Crippen LogP contribution >= 0.6 is 0 Å². The first-order chi connectivity index (χ1) is 12.9. The number of rotatable bonds is 5. The first-order valence-corrected chi connectivity index (χ1v) is 9.06. The van der Waals surface area contributed by atoms with Crippen molar-refractivity contribution in [1.82, 2.24) is 5.32 Å². The molecule has 2 aromatic rings. The molecule has 1 heterocycles. The number of nitrogens with one attached hydrogen (secondary N) is 1. The van der Waals surface area contributed by atoms with Crippen LogP contribution in [0, 0.1) is 12.8 Å². The van der Waals surface area contributed by atoms with Gasteiger partial charge < -0.3 is 19.6 Å². The number of amides is 1. The molecule has 1 amide bonds. The van der Waals surface area contributed by atoms with Crippen LogP contribution in [0.3, 0.4) is 0 Å². The van der Waals surface area contributed by atoms with Gasteiger partial charge in [0.1, 0.15) is 24.0 Å². The van der Waals surface area contributed by atoms with Gasteiger partial charge in [-0.05, 0) is 37.8 Å². The Morgan fingerprint density at radius 1 is 1.33 bits per heavy atom. The van der Waals surface area contributed by atoms with Crippen LogP contribution in [0.4, 0.5) is 0 Å². The van der Waals surface area contributed by atoms with E-state index >= 15 is 0 Å². The highest BCUT2D eigenvalue weighted by Gasteiger charge is 2.32. The number of hydrogen-bond acceptors (Lipinski definition) is 6. The number of carbonyl (C=O) groups excluding carboxylic acids is 2. The van der Waals surface area contributed by atoms with Crippen LogP contribution in [-0.4, -0.2) is 23.0 Å². The minimum Gasteiger partial charge on any atom is -0.508 e. The van der Waals surface area contributed by atoms with Gasteiger partial charge in [-0.1, -0.05) is 12.8 Å². The van der Waals surface area contributed by atoms with Gasteiger partial charge in [-0.3, -0.25) is 4.79 Å². The SMILES string of the molecule is CC(=O)NC(C(=O)OCc1cc(=O)oc2c(C)c(O)ccc12)C1CCCC1. The van der Waals surface area contributed by atoms with Gasteiger partial charge in [0.25, 0.3) is 0 Å². The van der Waals surface area contributed by atoms with E-state index in [2.05, 4.69) is 5.32 Å². The number of carbonyl (C=O) groups is 2. The minimum atomic E-state index is -0.679. The molecule has 2 N–H and O–H groups in total. The Hall–Kier alpha value is -2.83. The van der Waals surface area contributed by atoms with E-state index in [1.54, 1.807) is 13.0 Å². The number of esters is 1. The van der Waals surface area contributed by atoms with E-state index in [1.165, 1.54) is 19.1 Å². The summed E-state index contributed by atoms with van der Waals surface area (Å²) in [6, 6.07) is 3.71. The Balaban J connectivity index is 1.82. The zero-order chi connectivity index (χ0) is 19.6. The summed E-state index contributed by atoms with van der Waals surface area (Å²) in [5, 5.41) is 13.1. The quantitative estimate of drug-likeness (QED) is 0.616. The fraction of sp³-hybridized carbons (Fsp3) is 0.450. The van der Waals surface area contributed by atoms with E-state index < -0.39 is 17.6 Å². The van der Waals surface area contributed by atoms with Crippen LogP contribution in [0.25, 0.3) is 11.0 Å². The second-order valence-corrected chi connectivity index (χ2v) is 7.01. The van der Waals surface area contributed by atoms with Gasteiger partial charge in [0, 0.05) is 29.5 Å². The summed E-state index contributed by atoms with van der Waals surface area (Å²) in [5.74, 6) is -0.695. The van der Waals surface area contributed by atoms with E-state index in [1.807, 2.05) is 0 Å². The van der Waals surface area contributed by atoms with E-state index in [-0.39, 0.29) is 29.8 Å². The Labute approximate surface area is 156 Å². The van der Waals surface area contributed by atoms with Crippen LogP contribution in [-0.2, 0) is 20.9 Å². The lowest BCUT2D eigenvalue weighted by Crippen LogP contribution is -2.45. The minimum absolute atomic E-state index is 0.0201. The van der Waals surface area contributed by atoms with Gasteiger partial charge in [0.2, 0.25) is 5.91 Å². The summed E-state index contributed by atoms with van der Waals surface area (Å²) >= 11 is 0. The zero-order valence-corrected chi connectivity index (χ0v) is 15.4. The van der Waals surface area contributed by atoms with Gasteiger partial charge in [0.05, 0.1) is 0 Å². The van der Waals surface area contributed by atoms with Crippen molar-refractivity contribution in [3.63, 3.8) is 0 Å². The van der Waals surface area contributed by atoms with E-state index in [4.69, 9.17) is 9.15 Å². The Morgan fingerprint density at radius 2 is 2.04 bits per heavy atom. The molecule has 27 heavy (non-hydrogen) atoms. The molecular weight excluding hydrogens is 350 g/mol. The number of phenolic OH excluding ortho intramolecular Hbond substituents is 1. The van der Waals surface area contributed by atoms with Crippen molar-refractivity contribution in [2.24, 2.45) is 5.92 Å². The van der Waals surface area contributed by atoms with Crippen LogP contribution < -0.4 is 10.9 Å². The van der Waals surface area contributed by atoms with Gasteiger partial charge in [-0.25, -0.2) is 9.59 Å². The largest absolute Gasteiger partial charge is 0.508 e. The monoisotopic (exact) mass is 373 g/mol. The summed E-state index contributed by atoms with van der Waals surface area (Å²) in [6.45, 7) is 2.90. The summed E-state index contributed by atoms with van der Waals surface area (Å²) in [5.41, 5.74) is 0.616. The maximum atomic E-state index is 12.6. The van der Waals surface area contributed by atoms with Crippen molar-refractivity contribution in [2.45, 2.75) is 52.2 Å². The number of phenols is 1. The van der Waals surface area contributed by atoms with Crippen molar-refractivity contribution in [3.05, 3.63) is 39.7 Å². The molecule has 1 aromatic carbocycles. The normalized spacial score (nSPS) is 15.6. The average Bonchev–Trinajstić information content (AvgIpc) is 3.15. The van der Waals surface area contributed by atoms with Gasteiger partial charge in [-0.15, -0.1) is 0 Å². The van der Waals surface area contributed by atoms with Crippen molar-refractivity contribution < 1.29 is 23.8 Å². The molecule has 0 bridgehead atoms. The molecule has 1 aliphatic carbocycles. The second-order valence-electron chi connectivity index (χ2n) is 7.01. The van der Waals surface area contributed by atoms with Crippen molar-refractivity contribution in [1.29, 1.82) is 0 Å². The standard InChI is InChI=1S/C20H23NO6/c1-11-16(23)8-7-15-14(9-17(24)27-19(11)15)10-26-20(25)18(21-12(2)22)13-5-3-4-6-13/h7-9,13,18,23H,3-6,10H2,1-2H3,(H,21,22). The zero-order valence-electron chi connectivity index (χ0n) is 15.4.